The van der Waals surface area contributed by atoms with E-state index < -0.39 is 22.6 Å². The van der Waals surface area contributed by atoms with Crippen LogP contribution in [0.3, 0.4) is 0 Å². The number of benzene rings is 2. The van der Waals surface area contributed by atoms with E-state index in [-0.39, 0.29) is 29.6 Å². The Morgan fingerprint density at radius 2 is 1.56 bits per heavy atom. The first-order valence-electron chi connectivity index (χ1n) is 12.8. The smallest absolute Gasteiger partial charge is 0.244 e. The minimum Gasteiger partial charge on any atom is -0.396 e. The van der Waals surface area contributed by atoms with Crippen molar-refractivity contribution in [1.29, 1.82) is 0 Å². The molecule has 5 atom stereocenters. The largest absolute Gasteiger partial charge is 0.396 e. The van der Waals surface area contributed by atoms with E-state index in [4.69, 9.17) is 0 Å². The van der Waals surface area contributed by atoms with E-state index in [1.807, 2.05) is 60.7 Å². The molecule has 3 N–H and O–H groups in total. The van der Waals surface area contributed by atoms with Crippen LogP contribution in [0, 0.1) is 11.8 Å². The van der Waals surface area contributed by atoms with Crippen LogP contribution in [0.15, 0.2) is 60.7 Å². The van der Waals surface area contributed by atoms with Gasteiger partial charge in [0.1, 0.15) is 6.04 Å². The maximum atomic E-state index is 13.8. The van der Waals surface area contributed by atoms with Crippen LogP contribution >= 0.6 is 11.8 Å². The Labute approximate surface area is 216 Å². The molecule has 8 heteroatoms. The molecule has 0 saturated carbocycles. The molecular weight excluding hydrogens is 474 g/mol. The number of likely N-dealkylation sites (tertiary alicyclic amines) is 1. The van der Waals surface area contributed by atoms with Gasteiger partial charge in [0, 0.05) is 31.5 Å². The summed E-state index contributed by atoms with van der Waals surface area (Å²) >= 11 is 1.68. The number of nitrogens with one attached hydrogen (secondary N) is 2. The van der Waals surface area contributed by atoms with E-state index in [0.29, 0.717) is 32.5 Å². The summed E-state index contributed by atoms with van der Waals surface area (Å²) in [5.41, 5.74) is 2.01. The summed E-state index contributed by atoms with van der Waals surface area (Å²) in [6, 6.07) is 18.9. The lowest BCUT2D eigenvalue weighted by molar-refractivity contribution is -0.140. The molecule has 0 aliphatic carbocycles. The molecule has 3 amide bonds. The molecule has 2 aromatic carbocycles. The number of rotatable bonds is 10. The Kier molecular flexibility index (Phi) is 7.34. The number of unbranched alkanes of at least 4 members (excludes halogenated alkanes) is 1. The highest BCUT2D eigenvalue weighted by molar-refractivity contribution is 8.02. The molecular formula is C28H33N3O4S. The quantitative estimate of drug-likeness (QED) is 0.429. The molecule has 0 radical (unpaired) electrons. The molecule has 7 nitrogen and oxygen atoms in total. The SMILES string of the molecule is O=C(NCc1ccccc1)C1N(CCCCO)C(=O)[C@@H]2[C@@H](C(=O)NCc3ccccc3)[C@H]3CCC12S3. The fourth-order valence-electron chi connectivity index (χ4n) is 6.17. The van der Waals surface area contributed by atoms with E-state index >= 15 is 0 Å². The van der Waals surface area contributed by atoms with Gasteiger partial charge < -0.3 is 20.6 Å². The maximum Gasteiger partial charge on any atom is 0.244 e. The number of nitrogens with zero attached hydrogens (tertiary/aromatic N) is 1. The molecule has 5 rings (SSSR count). The molecule has 1 spiro atoms. The first-order valence-corrected chi connectivity index (χ1v) is 13.7. The van der Waals surface area contributed by atoms with E-state index in [1.165, 1.54) is 0 Å². The zero-order chi connectivity index (χ0) is 25.1. The fourth-order valence-corrected chi connectivity index (χ4v) is 8.39. The van der Waals surface area contributed by atoms with Crippen molar-refractivity contribution < 1.29 is 19.5 Å². The van der Waals surface area contributed by atoms with Crippen molar-refractivity contribution in [3.8, 4) is 0 Å². The Hall–Kier alpha value is -2.84. The summed E-state index contributed by atoms with van der Waals surface area (Å²) in [5, 5.41) is 15.4. The third-order valence-electron chi connectivity index (χ3n) is 7.78. The van der Waals surface area contributed by atoms with Gasteiger partial charge in [0.25, 0.3) is 0 Å². The minimum atomic E-state index is -0.612. The van der Waals surface area contributed by atoms with Crippen molar-refractivity contribution in [2.24, 2.45) is 11.8 Å². The zero-order valence-electron chi connectivity index (χ0n) is 20.3. The molecule has 3 aliphatic heterocycles. The van der Waals surface area contributed by atoms with Crippen LogP contribution in [0.4, 0.5) is 0 Å². The molecule has 2 bridgehead atoms. The summed E-state index contributed by atoms with van der Waals surface area (Å²) in [6.07, 6.45) is 2.76. The second kappa shape index (κ2) is 10.6. The average molecular weight is 508 g/mol. The number of hydrogen-bond donors (Lipinski definition) is 3. The number of aliphatic hydroxyl groups is 1. The molecule has 0 aromatic heterocycles. The summed E-state index contributed by atoms with van der Waals surface area (Å²) in [7, 11) is 0. The number of hydrogen-bond acceptors (Lipinski definition) is 5. The molecule has 2 unspecified atom stereocenters. The van der Waals surface area contributed by atoms with Gasteiger partial charge in [0.15, 0.2) is 0 Å². The summed E-state index contributed by atoms with van der Waals surface area (Å²) < 4.78 is -0.587. The highest BCUT2D eigenvalue weighted by Crippen LogP contribution is 2.66. The molecule has 3 heterocycles. The van der Waals surface area contributed by atoms with Gasteiger partial charge in [0.05, 0.1) is 16.6 Å². The number of fused-ring (bicyclic) bond motifs is 1. The van der Waals surface area contributed by atoms with Crippen LogP contribution in [0.25, 0.3) is 0 Å². The molecule has 3 fully saturated rings. The van der Waals surface area contributed by atoms with Gasteiger partial charge in [-0.25, -0.2) is 0 Å². The summed E-state index contributed by atoms with van der Waals surface area (Å²) in [4.78, 5) is 42.6. The third kappa shape index (κ3) is 4.52. The molecule has 190 valence electrons. The van der Waals surface area contributed by atoms with Gasteiger partial charge in [-0.3, -0.25) is 14.4 Å². The van der Waals surface area contributed by atoms with Crippen molar-refractivity contribution in [3.05, 3.63) is 71.8 Å². The number of carbonyl (C=O) groups is 3. The van der Waals surface area contributed by atoms with Gasteiger partial charge in [0.2, 0.25) is 17.7 Å². The fraction of sp³-hybridized carbons (Fsp3) is 0.464. The lowest BCUT2D eigenvalue weighted by atomic mass is 9.70. The Morgan fingerprint density at radius 1 is 0.944 bits per heavy atom. The van der Waals surface area contributed by atoms with Gasteiger partial charge >= 0.3 is 0 Å². The van der Waals surface area contributed by atoms with Crippen LogP contribution in [0.5, 0.6) is 0 Å². The van der Waals surface area contributed by atoms with Gasteiger partial charge in [-0.1, -0.05) is 60.7 Å². The molecule has 3 saturated heterocycles. The minimum absolute atomic E-state index is 0.0405. The van der Waals surface area contributed by atoms with Crippen molar-refractivity contribution in [2.75, 3.05) is 13.2 Å². The Morgan fingerprint density at radius 3 is 2.17 bits per heavy atom. The van der Waals surface area contributed by atoms with Crippen LogP contribution in [-0.4, -0.2) is 56.9 Å². The predicted octanol–water partition coefficient (Wildman–Crippen LogP) is 2.48. The molecule has 3 aliphatic rings. The zero-order valence-corrected chi connectivity index (χ0v) is 21.1. The maximum absolute atomic E-state index is 13.8. The van der Waals surface area contributed by atoms with E-state index in [0.717, 1.165) is 24.0 Å². The van der Waals surface area contributed by atoms with E-state index in [2.05, 4.69) is 10.6 Å². The molecule has 2 aromatic rings. The predicted molar refractivity (Wildman–Crippen MR) is 139 cm³/mol. The van der Waals surface area contributed by atoms with Crippen LogP contribution in [0.2, 0.25) is 0 Å². The van der Waals surface area contributed by atoms with Crippen LogP contribution < -0.4 is 10.6 Å². The number of amides is 3. The van der Waals surface area contributed by atoms with Crippen LogP contribution in [-0.2, 0) is 27.5 Å². The van der Waals surface area contributed by atoms with Gasteiger partial charge in [-0.05, 0) is 36.8 Å². The van der Waals surface area contributed by atoms with Crippen molar-refractivity contribution in [2.45, 2.75) is 54.8 Å². The number of thioether (sulfide) groups is 1. The Bertz CT molecular complexity index is 1100. The standard InChI is InChI=1S/C28H33N3O4S/c32-16-8-7-15-31-24(26(34)30-18-20-11-5-2-6-12-20)28-14-13-21(36-28)22(23(28)27(31)35)25(33)29-17-19-9-3-1-4-10-19/h1-6,9-12,21-24,32H,7-8,13-18H2,(H,29,33)(H,30,34)/t21-,22+,23+,24?,28?/m1/s1. The second-order valence-corrected chi connectivity index (χ2v) is 11.5. The Balaban J connectivity index is 1.37. The monoisotopic (exact) mass is 507 g/mol. The average Bonchev–Trinajstić information content (AvgIpc) is 3.55. The van der Waals surface area contributed by atoms with E-state index in [9.17, 15) is 19.5 Å². The topological polar surface area (TPSA) is 98.7 Å². The third-order valence-corrected chi connectivity index (χ3v) is 9.73. The van der Waals surface area contributed by atoms with Crippen LogP contribution in [0.1, 0.15) is 36.8 Å². The van der Waals surface area contributed by atoms with Crippen molar-refractivity contribution >= 4 is 29.5 Å². The first kappa shape index (κ1) is 24.8. The number of aliphatic hydroxyl groups excluding tert-OH is 1. The highest BCUT2D eigenvalue weighted by Gasteiger charge is 2.73. The first-order chi connectivity index (χ1) is 17.5. The summed E-state index contributed by atoms with van der Waals surface area (Å²) in [5.74, 6) is -1.29. The summed E-state index contributed by atoms with van der Waals surface area (Å²) in [6.45, 7) is 1.26. The lowest BCUT2D eigenvalue weighted by Crippen LogP contribution is -2.53. The molecule has 36 heavy (non-hydrogen) atoms. The normalized spacial score (nSPS) is 28.2. The van der Waals surface area contributed by atoms with Crippen molar-refractivity contribution in [1.82, 2.24) is 15.5 Å². The highest BCUT2D eigenvalue weighted by atomic mass is 32.2. The van der Waals surface area contributed by atoms with E-state index in [1.54, 1.807) is 16.7 Å². The van der Waals surface area contributed by atoms with Gasteiger partial charge in [-0.15, -0.1) is 11.8 Å². The number of carbonyl (C=O) groups excluding carboxylic acids is 3. The second-order valence-electron chi connectivity index (χ2n) is 9.93. The van der Waals surface area contributed by atoms with Crippen molar-refractivity contribution in [3.63, 3.8) is 0 Å². The van der Waals surface area contributed by atoms with Gasteiger partial charge in [-0.2, -0.15) is 0 Å². The lowest BCUT2D eigenvalue weighted by Gasteiger charge is -2.34.